The fraction of sp³-hybridized carbons (Fsp3) is 0.250. The van der Waals surface area contributed by atoms with Crippen LogP contribution >= 0.6 is 11.3 Å². The molecule has 3 N–H and O–H groups in total. The molecule has 2 rings (SSSR count). The summed E-state index contributed by atoms with van der Waals surface area (Å²) in [7, 11) is 0. The lowest BCUT2D eigenvalue weighted by molar-refractivity contribution is 0.201. The van der Waals surface area contributed by atoms with Gasteiger partial charge in [0.2, 0.25) is 0 Å². The van der Waals surface area contributed by atoms with Gasteiger partial charge in [0.1, 0.15) is 12.4 Å². The Morgan fingerprint density at radius 3 is 2.59 bits per heavy atom. The highest BCUT2D eigenvalue weighted by molar-refractivity contribution is 7.15. The standard InChI is InChI=1S/C12H14N2O2S/c1-8-11(14-12(13)17-8)9-2-4-10(5-3-9)16-7-6-15/h2-5,15H,6-7H2,1H3,(H2,13,14). The van der Waals surface area contributed by atoms with Gasteiger partial charge in [0.05, 0.1) is 12.3 Å². The van der Waals surface area contributed by atoms with Gasteiger partial charge < -0.3 is 15.6 Å². The number of ether oxygens (including phenoxy) is 1. The SMILES string of the molecule is Cc1sc(N)nc1-c1ccc(OCCO)cc1. The maximum Gasteiger partial charge on any atom is 0.180 e. The number of aliphatic hydroxyl groups is 1. The van der Waals surface area contributed by atoms with Gasteiger partial charge in [-0.15, -0.1) is 11.3 Å². The van der Waals surface area contributed by atoms with E-state index in [1.54, 1.807) is 0 Å². The average Bonchev–Trinajstić information content (AvgIpc) is 2.66. The molecule has 90 valence electrons. The summed E-state index contributed by atoms with van der Waals surface area (Å²) in [6, 6.07) is 7.60. The van der Waals surface area contributed by atoms with Crippen LogP contribution in [0.4, 0.5) is 5.13 Å². The van der Waals surface area contributed by atoms with E-state index in [1.165, 1.54) is 11.3 Å². The molecule has 0 aliphatic carbocycles. The van der Waals surface area contributed by atoms with Crippen molar-refractivity contribution in [2.45, 2.75) is 6.92 Å². The Balaban J connectivity index is 2.20. The van der Waals surface area contributed by atoms with E-state index >= 15 is 0 Å². The van der Waals surface area contributed by atoms with E-state index in [0.29, 0.717) is 11.7 Å². The molecule has 2 aromatic rings. The first-order valence-corrected chi connectivity index (χ1v) is 6.09. The number of aryl methyl sites for hydroxylation is 1. The molecule has 1 aromatic heterocycles. The normalized spacial score (nSPS) is 10.5. The lowest BCUT2D eigenvalue weighted by atomic mass is 10.1. The van der Waals surface area contributed by atoms with E-state index in [0.717, 1.165) is 21.9 Å². The summed E-state index contributed by atoms with van der Waals surface area (Å²) in [5.41, 5.74) is 7.61. The Bertz CT molecular complexity index is 494. The van der Waals surface area contributed by atoms with E-state index in [2.05, 4.69) is 4.98 Å². The number of anilines is 1. The predicted molar refractivity (Wildman–Crippen MR) is 69.3 cm³/mol. The third-order valence-corrected chi connectivity index (χ3v) is 3.10. The van der Waals surface area contributed by atoms with Crippen molar-refractivity contribution >= 4 is 16.5 Å². The maximum atomic E-state index is 8.65. The number of hydrogen-bond acceptors (Lipinski definition) is 5. The summed E-state index contributed by atoms with van der Waals surface area (Å²) in [6.45, 7) is 2.32. The van der Waals surface area contributed by atoms with Crippen LogP contribution in [0, 0.1) is 6.92 Å². The molecule has 0 amide bonds. The van der Waals surface area contributed by atoms with Crippen LogP contribution in [-0.2, 0) is 0 Å². The number of rotatable bonds is 4. The van der Waals surface area contributed by atoms with Crippen molar-refractivity contribution in [1.29, 1.82) is 0 Å². The van der Waals surface area contributed by atoms with Crippen molar-refractivity contribution in [2.24, 2.45) is 0 Å². The number of nitrogens with two attached hydrogens (primary N) is 1. The minimum atomic E-state index is 0.0173. The largest absolute Gasteiger partial charge is 0.491 e. The summed E-state index contributed by atoms with van der Waals surface area (Å²) < 4.78 is 5.29. The molecule has 1 aromatic carbocycles. The van der Waals surface area contributed by atoms with E-state index in [1.807, 2.05) is 31.2 Å². The van der Waals surface area contributed by atoms with E-state index in [9.17, 15) is 0 Å². The second kappa shape index (κ2) is 5.16. The molecule has 0 saturated heterocycles. The topological polar surface area (TPSA) is 68.4 Å². The summed E-state index contributed by atoms with van der Waals surface area (Å²) in [5.74, 6) is 0.739. The Morgan fingerprint density at radius 1 is 1.35 bits per heavy atom. The van der Waals surface area contributed by atoms with Gasteiger partial charge in [-0.3, -0.25) is 0 Å². The smallest absolute Gasteiger partial charge is 0.180 e. The molecule has 4 nitrogen and oxygen atoms in total. The number of hydrogen-bond donors (Lipinski definition) is 2. The van der Waals surface area contributed by atoms with Crippen LogP contribution in [0.1, 0.15) is 4.88 Å². The Hall–Kier alpha value is -1.59. The highest BCUT2D eigenvalue weighted by Gasteiger charge is 2.07. The highest BCUT2D eigenvalue weighted by Crippen LogP contribution is 2.29. The molecule has 17 heavy (non-hydrogen) atoms. The van der Waals surface area contributed by atoms with Crippen LogP contribution < -0.4 is 10.5 Å². The van der Waals surface area contributed by atoms with Gasteiger partial charge in [-0.25, -0.2) is 4.98 Å². The molecule has 0 aliphatic heterocycles. The van der Waals surface area contributed by atoms with Gasteiger partial charge in [-0.2, -0.15) is 0 Å². The number of aliphatic hydroxyl groups excluding tert-OH is 1. The van der Waals surface area contributed by atoms with E-state index in [4.69, 9.17) is 15.6 Å². The summed E-state index contributed by atoms with van der Waals surface area (Å²) >= 11 is 1.48. The number of nitrogens with zero attached hydrogens (tertiary/aromatic N) is 1. The first-order valence-electron chi connectivity index (χ1n) is 5.27. The van der Waals surface area contributed by atoms with Gasteiger partial charge in [0.15, 0.2) is 5.13 Å². The molecular weight excluding hydrogens is 236 g/mol. The Kier molecular flexibility index (Phi) is 3.61. The lowest BCUT2D eigenvalue weighted by Crippen LogP contribution is -2.01. The van der Waals surface area contributed by atoms with Gasteiger partial charge >= 0.3 is 0 Å². The van der Waals surface area contributed by atoms with Crippen LogP contribution in [0.2, 0.25) is 0 Å². The molecule has 0 unspecified atom stereocenters. The van der Waals surface area contributed by atoms with Crippen molar-refractivity contribution in [3.05, 3.63) is 29.1 Å². The fourth-order valence-corrected chi connectivity index (χ4v) is 2.27. The minimum Gasteiger partial charge on any atom is -0.491 e. The first-order chi connectivity index (χ1) is 8.20. The number of thiazole rings is 1. The quantitative estimate of drug-likeness (QED) is 0.871. The fourth-order valence-electron chi connectivity index (χ4n) is 1.56. The second-order valence-electron chi connectivity index (χ2n) is 3.55. The molecule has 0 spiro atoms. The van der Waals surface area contributed by atoms with Gasteiger partial charge in [0, 0.05) is 10.4 Å². The highest BCUT2D eigenvalue weighted by atomic mass is 32.1. The molecule has 5 heteroatoms. The number of benzene rings is 1. The van der Waals surface area contributed by atoms with Gasteiger partial charge in [0.25, 0.3) is 0 Å². The molecular formula is C12H14N2O2S. The van der Waals surface area contributed by atoms with Crippen molar-refractivity contribution in [1.82, 2.24) is 4.98 Å². The van der Waals surface area contributed by atoms with E-state index < -0.39 is 0 Å². The van der Waals surface area contributed by atoms with Crippen LogP contribution in [0.3, 0.4) is 0 Å². The predicted octanol–water partition coefficient (Wildman–Crippen LogP) is 2.07. The Morgan fingerprint density at radius 2 is 2.06 bits per heavy atom. The average molecular weight is 250 g/mol. The second-order valence-corrected chi connectivity index (χ2v) is 4.79. The van der Waals surface area contributed by atoms with Crippen LogP contribution in [-0.4, -0.2) is 23.3 Å². The van der Waals surface area contributed by atoms with Gasteiger partial charge in [-0.1, -0.05) is 0 Å². The summed E-state index contributed by atoms with van der Waals surface area (Å²) in [6.07, 6.45) is 0. The monoisotopic (exact) mass is 250 g/mol. The third-order valence-electron chi connectivity index (χ3n) is 2.30. The third kappa shape index (κ3) is 2.75. The maximum absolute atomic E-state index is 8.65. The zero-order valence-electron chi connectivity index (χ0n) is 9.51. The van der Waals surface area contributed by atoms with Crippen molar-refractivity contribution in [3.8, 4) is 17.0 Å². The summed E-state index contributed by atoms with van der Waals surface area (Å²) in [4.78, 5) is 5.39. The van der Waals surface area contributed by atoms with Crippen molar-refractivity contribution < 1.29 is 9.84 Å². The van der Waals surface area contributed by atoms with Gasteiger partial charge in [-0.05, 0) is 31.2 Å². The minimum absolute atomic E-state index is 0.0173. The molecule has 0 fully saturated rings. The molecule has 0 saturated carbocycles. The zero-order valence-corrected chi connectivity index (χ0v) is 10.3. The van der Waals surface area contributed by atoms with Crippen molar-refractivity contribution in [2.75, 3.05) is 18.9 Å². The Labute approximate surface area is 104 Å². The zero-order chi connectivity index (χ0) is 12.3. The summed E-state index contributed by atoms with van der Waals surface area (Å²) in [5, 5.41) is 9.23. The van der Waals surface area contributed by atoms with Crippen molar-refractivity contribution in [3.63, 3.8) is 0 Å². The van der Waals surface area contributed by atoms with Crippen LogP contribution in [0.15, 0.2) is 24.3 Å². The molecule has 1 heterocycles. The molecule has 0 atom stereocenters. The van der Waals surface area contributed by atoms with Crippen LogP contribution in [0.25, 0.3) is 11.3 Å². The molecule has 0 bridgehead atoms. The van der Waals surface area contributed by atoms with Crippen LogP contribution in [0.5, 0.6) is 5.75 Å². The number of aromatic nitrogens is 1. The molecule has 0 radical (unpaired) electrons. The first kappa shape index (κ1) is 11.9. The number of nitrogen functional groups attached to an aromatic ring is 1. The lowest BCUT2D eigenvalue weighted by Gasteiger charge is -2.04. The molecule has 0 aliphatic rings. The van der Waals surface area contributed by atoms with E-state index in [-0.39, 0.29) is 6.61 Å².